The first-order chi connectivity index (χ1) is 12.5. The van der Waals surface area contributed by atoms with Crippen molar-refractivity contribution in [3.63, 3.8) is 0 Å². The Balaban J connectivity index is 0.00000261. The van der Waals surface area contributed by atoms with E-state index < -0.39 is 10.0 Å². The minimum Gasteiger partial charge on any atom is -0.339 e. The Morgan fingerprint density at radius 2 is 1.59 bits per heavy atom. The van der Waals surface area contributed by atoms with Gasteiger partial charge in [0.2, 0.25) is 0 Å². The maximum atomic E-state index is 12.6. The van der Waals surface area contributed by atoms with Gasteiger partial charge in [-0.2, -0.15) is 0 Å². The highest BCUT2D eigenvalue weighted by Gasteiger charge is 2.22. The lowest BCUT2D eigenvalue weighted by molar-refractivity contribution is 0.0707. The summed E-state index contributed by atoms with van der Waals surface area (Å²) in [5.41, 5.74) is 0.995. The van der Waals surface area contributed by atoms with E-state index in [1.165, 1.54) is 12.1 Å². The number of anilines is 1. The summed E-state index contributed by atoms with van der Waals surface area (Å²) in [5, 5.41) is 3.24. The van der Waals surface area contributed by atoms with E-state index in [1.54, 1.807) is 42.5 Å². The van der Waals surface area contributed by atoms with E-state index in [1.807, 2.05) is 11.9 Å². The summed E-state index contributed by atoms with van der Waals surface area (Å²) in [4.78, 5) is 14.6. The van der Waals surface area contributed by atoms with E-state index in [2.05, 4.69) is 10.0 Å². The quantitative estimate of drug-likeness (QED) is 0.795. The van der Waals surface area contributed by atoms with Crippen molar-refractivity contribution in [1.82, 2.24) is 10.2 Å². The molecule has 0 aromatic heterocycles. The number of nitrogens with one attached hydrogen (secondary N) is 2. The molecule has 146 valence electrons. The van der Waals surface area contributed by atoms with Crippen LogP contribution in [-0.4, -0.2) is 45.4 Å². The molecular weight excluding hydrogens is 386 g/mol. The van der Waals surface area contributed by atoms with Crippen molar-refractivity contribution in [2.24, 2.45) is 0 Å². The first-order valence-electron chi connectivity index (χ1n) is 8.64. The highest BCUT2D eigenvalue weighted by atomic mass is 35.5. The molecule has 1 aliphatic heterocycles. The Morgan fingerprint density at radius 1 is 1.00 bits per heavy atom. The van der Waals surface area contributed by atoms with Crippen molar-refractivity contribution >= 4 is 34.0 Å². The maximum Gasteiger partial charge on any atom is 0.261 e. The van der Waals surface area contributed by atoms with Crippen molar-refractivity contribution < 1.29 is 13.2 Å². The van der Waals surface area contributed by atoms with Gasteiger partial charge in [0.1, 0.15) is 0 Å². The Labute approximate surface area is 166 Å². The molecule has 1 heterocycles. The molecule has 2 aromatic rings. The van der Waals surface area contributed by atoms with Crippen molar-refractivity contribution in [1.29, 1.82) is 0 Å². The fourth-order valence-electron chi connectivity index (χ4n) is 3.05. The fourth-order valence-corrected chi connectivity index (χ4v) is 4.13. The van der Waals surface area contributed by atoms with Crippen LogP contribution in [0.2, 0.25) is 0 Å². The average Bonchev–Trinajstić information content (AvgIpc) is 2.68. The molecule has 6 nitrogen and oxygen atoms in total. The third kappa shape index (κ3) is 5.22. The SMILES string of the molecule is CNC1CCN(C(=O)c2ccc(NS(=O)(=O)c3ccccc3)cc2)CC1.Cl. The van der Waals surface area contributed by atoms with Crippen LogP contribution in [0, 0.1) is 0 Å². The van der Waals surface area contributed by atoms with Crippen LogP contribution in [0.15, 0.2) is 59.5 Å². The molecule has 0 spiro atoms. The van der Waals surface area contributed by atoms with Crippen LogP contribution in [0.25, 0.3) is 0 Å². The van der Waals surface area contributed by atoms with Gasteiger partial charge >= 0.3 is 0 Å². The summed E-state index contributed by atoms with van der Waals surface area (Å²) in [6.07, 6.45) is 1.88. The summed E-state index contributed by atoms with van der Waals surface area (Å²) >= 11 is 0. The summed E-state index contributed by atoms with van der Waals surface area (Å²) in [5.74, 6) is -0.0166. The van der Waals surface area contributed by atoms with Gasteiger partial charge in [0.25, 0.3) is 15.9 Å². The van der Waals surface area contributed by atoms with E-state index in [0.717, 1.165) is 25.9 Å². The molecule has 1 amide bonds. The Hall–Kier alpha value is -2.09. The van der Waals surface area contributed by atoms with Crippen molar-refractivity contribution in [3.8, 4) is 0 Å². The number of nitrogens with zero attached hydrogens (tertiary/aromatic N) is 1. The Bertz CT molecular complexity index is 850. The van der Waals surface area contributed by atoms with Gasteiger partial charge in [-0.15, -0.1) is 12.4 Å². The third-order valence-corrected chi connectivity index (χ3v) is 6.03. The van der Waals surface area contributed by atoms with Crippen LogP contribution in [0.5, 0.6) is 0 Å². The number of halogens is 1. The number of carbonyl (C=O) groups is 1. The monoisotopic (exact) mass is 409 g/mol. The molecule has 8 heteroatoms. The largest absolute Gasteiger partial charge is 0.339 e. The van der Waals surface area contributed by atoms with Crippen molar-refractivity contribution in [2.75, 3.05) is 24.9 Å². The summed E-state index contributed by atoms with van der Waals surface area (Å²) in [6, 6.07) is 15.2. The Kier molecular flexibility index (Phi) is 7.24. The highest BCUT2D eigenvalue weighted by molar-refractivity contribution is 7.92. The first kappa shape index (κ1) is 21.2. The molecule has 3 rings (SSSR count). The molecule has 0 aliphatic carbocycles. The van der Waals surface area contributed by atoms with Gasteiger partial charge in [-0.1, -0.05) is 18.2 Å². The molecule has 0 unspecified atom stereocenters. The molecule has 0 bridgehead atoms. The molecule has 1 aliphatic rings. The number of rotatable bonds is 5. The molecular formula is C19H24ClN3O3S. The third-order valence-electron chi connectivity index (χ3n) is 4.63. The van der Waals surface area contributed by atoms with Crippen LogP contribution in [0.3, 0.4) is 0 Å². The second-order valence-corrected chi connectivity index (χ2v) is 8.03. The van der Waals surface area contributed by atoms with Crippen molar-refractivity contribution in [2.45, 2.75) is 23.8 Å². The van der Waals surface area contributed by atoms with Crippen LogP contribution < -0.4 is 10.0 Å². The molecule has 1 saturated heterocycles. The molecule has 0 radical (unpaired) electrons. The lowest BCUT2D eigenvalue weighted by atomic mass is 10.0. The van der Waals surface area contributed by atoms with Crippen LogP contribution in [-0.2, 0) is 10.0 Å². The van der Waals surface area contributed by atoms with Gasteiger partial charge in [0, 0.05) is 30.4 Å². The maximum absolute atomic E-state index is 12.6. The van der Waals surface area contributed by atoms with Gasteiger partial charge in [-0.3, -0.25) is 9.52 Å². The smallest absolute Gasteiger partial charge is 0.261 e. The second-order valence-electron chi connectivity index (χ2n) is 6.35. The molecule has 2 aromatic carbocycles. The van der Waals surface area contributed by atoms with E-state index in [-0.39, 0.29) is 23.2 Å². The van der Waals surface area contributed by atoms with Gasteiger partial charge < -0.3 is 10.2 Å². The number of benzene rings is 2. The molecule has 2 N–H and O–H groups in total. The number of carbonyl (C=O) groups excluding carboxylic acids is 1. The fraction of sp³-hybridized carbons (Fsp3) is 0.316. The zero-order chi connectivity index (χ0) is 18.6. The minimum absolute atomic E-state index is 0. The number of likely N-dealkylation sites (tertiary alicyclic amines) is 1. The predicted octanol–water partition coefficient (Wildman–Crippen LogP) is 2.73. The molecule has 27 heavy (non-hydrogen) atoms. The van der Waals surface area contributed by atoms with E-state index in [4.69, 9.17) is 0 Å². The highest BCUT2D eigenvalue weighted by Crippen LogP contribution is 2.18. The molecule has 1 fully saturated rings. The zero-order valence-corrected chi connectivity index (χ0v) is 16.7. The van der Waals surface area contributed by atoms with Crippen LogP contribution in [0.4, 0.5) is 5.69 Å². The summed E-state index contributed by atoms with van der Waals surface area (Å²) in [6.45, 7) is 1.46. The predicted molar refractivity (Wildman–Crippen MR) is 109 cm³/mol. The Morgan fingerprint density at radius 3 is 2.15 bits per heavy atom. The van der Waals surface area contributed by atoms with E-state index in [0.29, 0.717) is 17.3 Å². The number of sulfonamides is 1. The molecule has 0 saturated carbocycles. The average molecular weight is 410 g/mol. The summed E-state index contributed by atoms with van der Waals surface area (Å²) in [7, 11) is -1.69. The normalized spacial score (nSPS) is 15.1. The number of piperidine rings is 1. The van der Waals surface area contributed by atoms with E-state index >= 15 is 0 Å². The van der Waals surface area contributed by atoms with E-state index in [9.17, 15) is 13.2 Å². The van der Waals surface area contributed by atoms with Gasteiger partial charge in [0.05, 0.1) is 4.90 Å². The number of hydrogen-bond donors (Lipinski definition) is 2. The second kappa shape index (κ2) is 9.21. The standard InChI is InChI=1S/C19H23N3O3S.ClH/c1-20-16-11-13-22(14-12-16)19(23)15-7-9-17(10-8-15)21-26(24,25)18-5-3-2-4-6-18;/h2-10,16,20-21H,11-14H2,1H3;1H. The summed E-state index contributed by atoms with van der Waals surface area (Å²) < 4.78 is 27.2. The van der Waals surface area contributed by atoms with Crippen molar-refractivity contribution in [3.05, 3.63) is 60.2 Å². The van der Waals surface area contributed by atoms with Gasteiger partial charge in [0.15, 0.2) is 0 Å². The topological polar surface area (TPSA) is 78.5 Å². The lowest BCUT2D eigenvalue weighted by Crippen LogP contribution is -2.43. The van der Waals surface area contributed by atoms with Gasteiger partial charge in [-0.25, -0.2) is 8.42 Å². The molecule has 0 atom stereocenters. The first-order valence-corrected chi connectivity index (χ1v) is 10.1. The minimum atomic E-state index is -3.63. The number of amides is 1. The van der Waals surface area contributed by atoms with Gasteiger partial charge in [-0.05, 0) is 56.3 Å². The van der Waals surface area contributed by atoms with Crippen LogP contribution >= 0.6 is 12.4 Å². The van der Waals surface area contributed by atoms with Crippen LogP contribution in [0.1, 0.15) is 23.2 Å². The lowest BCUT2D eigenvalue weighted by Gasteiger charge is -2.31. The number of hydrogen-bond acceptors (Lipinski definition) is 4. The zero-order valence-electron chi connectivity index (χ0n) is 15.1.